The summed E-state index contributed by atoms with van der Waals surface area (Å²) < 4.78 is 40.4. The Labute approximate surface area is 155 Å². The number of nitrogens with one attached hydrogen (secondary N) is 1. The normalized spacial score (nSPS) is 20.7. The van der Waals surface area contributed by atoms with Gasteiger partial charge in [-0.05, 0) is 31.6 Å². The Morgan fingerprint density at radius 1 is 1.07 bits per heavy atom. The molecule has 2 aromatic heterocycles. The van der Waals surface area contributed by atoms with Gasteiger partial charge in [0.15, 0.2) is 11.5 Å². The molecule has 1 fully saturated rings. The zero-order valence-corrected chi connectivity index (χ0v) is 14.8. The number of imidazole rings is 1. The summed E-state index contributed by atoms with van der Waals surface area (Å²) in [6.45, 7) is 0.609. The first kappa shape index (κ1) is 17.8. The summed E-state index contributed by atoms with van der Waals surface area (Å²) in [4.78, 5) is 9.06. The summed E-state index contributed by atoms with van der Waals surface area (Å²) in [6.07, 6.45) is 3.04. The first-order valence-corrected chi connectivity index (χ1v) is 9.20. The maximum Gasteiger partial charge on any atom is 0.391 e. The summed E-state index contributed by atoms with van der Waals surface area (Å²) >= 11 is 0. The van der Waals surface area contributed by atoms with Gasteiger partial charge in [-0.3, -0.25) is 0 Å². The van der Waals surface area contributed by atoms with Crippen molar-refractivity contribution in [3.8, 4) is 11.3 Å². The third-order valence-electron chi connectivity index (χ3n) is 5.31. The molecule has 0 radical (unpaired) electrons. The van der Waals surface area contributed by atoms with Gasteiger partial charge in [0.05, 0.1) is 11.6 Å². The van der Waals surface area contributed by atoms with E-state index in [-0.39, 0.29) is 18.8 Å². The van der Waals surface area contributed by atoms with Gasteiger partial charge in [0.1, 0.15) is 0 Å². The van der Waals surface area contributed by atoms with Gasteiger partial charge in [-0.25, -0.2) is 9.97 Å². The number of benzene rings is 1. The third kappa shape index (κ3) is 3.91. The summed E-state index contributed by atoms with van der Waals surface area (Å²) in [6, 6.07) is 9.86. The van der Waals surface area contributed by atoms with Crippen LogP contribution in [0.1, 0.15) is 25.7 Å². The lowest BCUT2D eigenvalue weighted by Gasteiger charge is -2.30. The van der Waals surface area contributed by atoms with E-state index in [4.69, 9.17) is 4.98 Å². The fourth-order valence-corrected chi connectivity index (χ4v) is 3.73. The molecular formula is C20H21F3N4. The molecule has 0 bridgehead atoms. The maximum absolute atomic E-state index is 12.8. The second kappa shape index (κ2) is 7.21. The smallest absolute Gasteiger partial charge is 0.367 e. The van der Waals surface area contributed by atoms with Gasteiger partial charge in [0.25, 0.3) is 0 Å². The summed E-state index contributed by atoms with van der Waals surface area (Å²) in [5.41, 5.74) is 2.55. The summed E-state index contributed by atoms with van der Waals surface area (Å²) in [7, 11) is 0. The number of nitrogens with zero attached hydrogens (tertiary/aromatic N) is 3. The lowest BCUT2D eigenvalue weighted by molar-refractivity contribution is -0.183. The first-order valence-electron chi connectivity index (χ1n) is 9.20. The highest BCUT2D eigenvalue weighted by atomic mass is 19.4. The van der Waals surface area contributed by atoms with E-state index >= 15 is 0 Å². The Kier molecular flexibility index (Phi) is 4.76. The van der Waals surface area contributed by atoms with Gasteiger partial charge < -0.3 is 9.72 Å². The number of halogens is 3. The van der Waals surface area contributed by atoms with E-state index in [1.165, 1.54) is 0 Å². The van der Waals surface area contributed by atoms with E-state index in [9.17, 15) is 13.2 Å². The second-order valence-corrected chi connectivity index (χ2v) is 7.14. The molecule has 142 valence electrons. The van der Waals surface area contributed by atoms with Crippen molar-refractivity contribution in [1.29, 1.82) is 0 Å². The molecule has 0 amide bonds. The Balaban J connectivity index is 1.49. The topological polar surface area (TPSA) is 42.2 Å². The average Bonchev–Trinajstić information content (AvgIpc) is 3.15. The quantitative estimate of drug-likeness (QED) is 0.684. The molecule has 4 nitrogen and oxygen atoms in total. The highest BCUT2D eigenvalue weighted by Crippen LogP contribution is 2.39. The van der Waals surface area contributed by atoms with Crippen molar-refractivity contribution in [2.75, 3.05) is 11.9 Å². The number of hydrogen-bond donors (Lipinski definition) is 1. The highest BCUT2D eigenvalue weighted by molar-refractivity contribution is 5.69. The Hall–Kier alpha value is -2.57. The van der Waals surface area contributed by atoms with E-state index < -0.39 is 12.1 Å². The lowest BCUT2D eigenvalue weighted by atomic mass is 9.81. The second-order valence-electron chi connectivity index (χ2n) is 7.14. The van der Waals surface area contributed by atoms with Gasteiger partial charge >= 0.3 is 6.18 Å². The van der Waals surface area contributed by atoms with Crippen molar-refractivity contribution in [3.05, 3.63) is 48.9 Å². The number of anilines is 1. The Bertz CT molecular complexity index is 896. The zero-order valence-electron chi connectivity index (χ0n) is 14.8. The van der Waals surface area contributed by atoms with Crippen LogP contribution in [0.15, 0.2) is 48.9 Å². The molecule has 0 unspecified atom stereocenters. The van der Waals surface area contributed by atoms with Crippen molar-refractivity contribution in [2.45, 2.75) is 31.9 Å². The van der Waals surface area contributed by atoms with Gasteiger partial charge in [0, 0.05) is 30.7 Å². The van der Waals surface area contributed by atoms with E-state index in [1.54, 1.807) is 6.20 Å². The van der Waals surface area contributed by atoms with Crippen LogP contribution < -0.4 is 5.32 Å². The van der Waals surface area contributed by atoms with Gasteiger partial charge in [-0.1, -0.05) is 30.3 Å². The van der Waals surface area contributed by atoms with Crippen LogP contribution >= 0.6 is 0 Å². The van der Waals surface area contributed by atoms with Crippen molar-refractivity contribution in [2.24, 2.45) is 11.8 Å². The van der Waals surface area contributed by atoms with Gasteiger partial charge in [-0.15, -0.1) is 0 Å². The molecule has 4 rings (SSSR count). The number of aromatic nitrogens is 3. The predicted octanol–water partition coefficient (Wildman–Crippen LogP) is 5.18. The van der Waals surface area contributed by atoms with Crippen LogP contribution in [0.5, 0.6) is 0 Å². The van der Waals surface area contributed by atoms with Crippen molar-refractivity contribution < 1.29 is 13.2 Å². The molecule has 1 N–H and O–H groups in total. The van der Waals surface area contributed by atoms with E-state index in [0.717, 1.165) is 16.9 Å². The minimum atomic E-state index is -4.06. The third-order valence-corrected chi connectivity index (χ3v) is 5.31. The molecule has 0 atom stereocenters. The minimum absolute atomic E-state index is 0.214. The zero-order chi connectivity index (χ0) is 18.9. The molecule has 0 saturated heterocycles. The van der Waals surface area contributed by atoms with Crippen LogP contribution in [0.3, 0.4) is 0 Å². The van der Waals surface area contributed by atoms with Crippen molar-refractivity contribution >= 4 is 11.5 Å². The van der Waals surface area contributed by atoms with Crippen molar-refractivity contribution in [3.63, 3.8) is 0 Å². The number of alkyl halides is 3. The molecular weight excluding hydrogens is 353 g/mol. The van der Waals surface area contributed by atoms with Gasteiger partial charge in [-0.2, -0.15) is 13.2 Å². The molecule has 0 aliphatic heterocycles. The Morgan fingerprint density at radius 3 is 2.52 bits per heavy atom. The first-order chi connectivity index (χ1) is 13.0. The summed E-state index contributed by atoms with van der Waals surface area (Å²) in [5, 5.41) is 3.33. The molecule has 0 spiro atoms. The van der Waals surface area contributed by atoms with Crippen LogP contribution in [-0.4, -0.2) is 27.1 Å². The van der Waals surface area contributed by atoms with Crippen LogP contribution in [0.25, 0.3) is 16.9 Å². The van der Waals surface area contributed by atoms with E-state index in [0.29, 0.717) is 25.2 Å². The van der Waals surface area contributed by atoms with Gasteiger partial charge in [0.2, 0.25) is 0 Å². The fraction of sp³-hybridized carbons (Fsp3) is 0.400. The monoisotopic (exact) mass is 374 g/mol. The molecule has 1 saturated carbocycles. The Morgan fingerprint density at radius 2 is 1.81 bits per heavy atom. The molecule has 2 heterocycles. The van der Waals surface area contributed by atoms with E-state index in [1.807, 2.05) is 47.1 Å². The standard InChI is InChI=1S/C20H21F3N4/c21-20(22,23)16-8-6-14(7-9-16)12-25-18-19-24-10-11-27(19)13-17(26-18)15-4-2-1-3-5-15/h1-5,10-11,13-14,16H,6-9,12H2,(H,25,26). The maximum atomic E-state index is 12.8. The number of fused-ring (bicyclic) bond motifs is 1. The largest absolute Gasteiger partial charge is 0.391 e. The van der Waals surface area contributed by atoms with Crippen molar-refractivity contribution in [1.82, 2.24) is 14.4 Å². The number of hydrogen-bond acceptors (Lipinski definition) is 3. The highest BCUT2D eigenvalue weighted by Gasteiger charge is 2.41. The minimum Gasteiger partial charge on any atom is -0.367 e. The van der Waals surface area contributed by atoms with Crippen LogP contribution in [0.2, 0.25) is 0 Å². The molecule has 1 aliphatic rings. The summed E-state index contributed by atoms with van der Waals surface area (Å²) in [5.74, 6) is -0.257. The van der Waals surface area contributed by atoms with Crippen LogP contribution in [-0.2, 0) is 0 Å². The molecule has 3 aromatic rings. The van der Waals surface area contributed by atoms with E-state index in [2.05, 4.69) is 10.3 Å². The lowest BCUT2D eigenvalue weighted by Crippen LogP contribution is -2.30. The molecule has 7 heteroatoms. The average molecular weight is 374 g/mol. The molecule has 27 heavy (non-hydrogen) atoms. The fourth-order valence-electron chi connectivity index (χ4n) is 3.73. The molecule has 1 aliphatic carbocycles. The predicted molar refractivity (Wildman–Crippen MR) is 98.4 cm³/mol. The SMILES string of the molecule is FC(F)(F)C1CCC(CNc2nc(-c3ccccc3)cn3ccnc23)CC1. The number of rotatable bonds is 4. The molecule has 1 aromatic carbocycles. The van der Waals surface area contributed by atoms with Crippen LogP contribution in [0.4, 0.5) is 19.0 Å². The van der Waals surface area contributed by atoms with Crippen LogP contribution in [0, 0.1) is 11.8 Å².